The first-order valence-electron chi connectivity index (χ1n) is 6.95. The van der Waals surface area contributed by atoms with Crippen LogP contribution in [0.25, 0.3) is 11.3 Å². The molecule has 20 heavy (non-hydrogen) atoms. The number of ether oxygens (including phenoxy) is 1. The molecule has 0 saturated heterocycles. The fourth-order valence-corrected chi connectivity index (χ4v) is 3.06. The number of rotatable bonds is 7. The maximum absolute atomic E-state index is 10.2. The number of hydrogen-bond donors (Lipinski definition) is 1. The zero-order valence-electron chi connectivity index (χ0n) is 12.0. The fourth-order valence-electron chi connectivity index (χ4n) is 2.21. The highest BCUT2D eigenvalue weighted by molar-refractivity contribution is 7.09. The van der Waals surface area contributed by atoms with Crippen molar-refractivity contribution in [3.05, 3.63) is 40.7 Å². The minimum Gasteiger partial charge on any atom is -0.390 e. The van der Waals surface area contributed by atoms with Crippen molar-refractivity contribution in [2.45, 2.75) is 38.4 Å². The maximum atomic E-state index is 10.2. The summed E-state index contributed by atoms with van der Waals surface area (Å²) in [5, 5.41) is 13.2. The quantitative estimate of drug-likeness (QED) is 0.848. The van der Waals surface area contributed by atoms with E-state index in [9.17, 15) is 5.11 Å². The molecule has 0 aliphatic rings. The van der Waals surface area contributed by atoms with Gasteiger partial charge in [-0.1, -0.05) is 43.7 Å². The summed E-state index contributed by atoms with van der Waals surface area (Å²) in [4.78, 5) is 4.60. The molecule has 4 heteroatoms. The van der Waals surface area contributed by atoms with Gasteiger partial charge in [-0.05, 0) is 6.42 Å². The summed E-state index contributed by atoms with van der Waals surface area (Å²) < 4.78 is 5.34. The molecule has 0 fully saturated rings. The number of thiazole rings is 1. The molecule has 108 valence electrons. The van der Waals surface area contributed by atoms with Crippen LogP contribution in [0.4, 0.5) is 0 Å². The van der Waals surface area contributed by atoms with E-state index in [4.69, 9.17) is 4.74 Å². The first-order chi connectivity index (χ1) is 9.74. The minimum absolute atomic E-state index is 0.107. The molecule has 2 aromatic rings. The first-order valence-corrected chi connectivity index (χ1v) is 7.83. The van der Waals surface area contributed by atoms with Crippen molar-refractivity contribution in [1.29, 1.82) is 0 Å². The van der Waals surface area contributed by atoms with Gasteiger partial charge in [-0.15, -0.1) is 11.3 Å². The van der Waals surface area contributed by atoms with E-state index in [1.807, 2.05) is 35.7 Å². The molecule has 0 amide bonds. The normalized spacial score (nSPS) is 14.2. The van der Waals surface area contributed by atoms with Crippen LogP contribution in [0.15, 0.2) is 35.7 Å². The molecule has 1 aromatic heterocycles. The predicted molar refractivity (Wildman–Crippen MR) is 83.0 cm³/mol. The van der Waals surface area contributed by atoms with Gasteiger partial charge < -0.3 is 9.84 Å². The number of aromatic nitrogens is 1. The van der Waals surface area contributed by atoms with Gasteiger partial charge in [-0.2, -0.15) is 0 Å². The van der Waals surface area contributed by atoms with Crippen molar-refractivity contribution < 1.29 is 9.84 Å². The Labute approximate surface area is 124 Å². The van der Waals surface area contributed by atoms with Gasteiger partial charge in [-0.25, -0.2) is 4.98 Å². The van der Waals surface area contributed by atoms with Crippen molar-refractivity contribution in [3.8, 4) is 11.3 Å². The molecule has 2 unspecified atom stereocenters. The Hall–Kier alpha value is -1.23. The van der Waals surface area contributed by atoms with Crippen molar-refractivity contribution >= 4 is 11.3 Å². The van der Waals surface area contributed by atoms with Gasteiger partial charge in [-0.3, -0.25) is 0 Å². The summed E-state index contributed by atoms with van der Waals surface area (Å²) in [5.41, 5.74) is 2.09. The van der Waals surface area contributed by atoms with Gasteiger partial charge in [0.1, 0.15) is 0 Å². The van der Waals surface area contributed by atoms with Gasteiger partial charge in [0.25, 0.3) is 0 Å². The van der Waals surface area contributed by atoms with Crippen LogP contribution in [0.3, 0.4) is 0 Å². The van der Waals surface area contributed by atoms with Crippen LogP contribution >= 0.6 is 11.3 Å². The second-order valence-electron chi connectivity index (χ2n) is 4.83. The average Bonchev–Trinajstić information content (AvgIpc) is 2.94. The van der Waals surface area contributed by atoms with Crippen molar-refractivity contribution in [2.24, 2.45) is 0 Å². The second kappa shape index (κ2) is 7.53. The molecular formula is C16H21NO2S. The molecule has 0 saturated carbocycles. The third-order valence-electron chi connectivity index (χ3n) is 3.31. The zero-order chi connectivity index (χ0) is 14.4. The highest BCUT2D eigenvalue weighted by Gasteiger charge is 2.19. The summed E-state index contributed by atoms with van der Waals surface area (Å²) >= 11 is 1.59. The lowest BCUT2D eigenvalue weighted by Crippen LogP contribution is -2.29. The predicted octanol–water partition coefficient (Wildman–Crippen LogP) is 3.53. The van der Waals surface area contributed by atoms with E-state index in [1.54, 1.807) is 18.4 Å². The Morgan fingerprint density at radius 1 is 1.30 bits per heavy atom. The van der Waals surface area contributed by atoms with Crippen LogP contribution < -0.4 is 0 Å². The largest absolute Gasteiger partial charge is 0.390 e. The van der Waals surface area contributed by atoms with Crippen LogP contribution in [0.5, 0.6) is 0 Å². The molecule has 0 spiro atoms. The Balaban J connectivity index is 2.02. The summed E-state index contributed by atoms with van der Waals surface area (Å²) in [6, 6.07) is 10.1. The summed E-state index contributed by atoms with van der Waals surface area (Å²) in [7, 11) is 1.65. The van der Waals surface area contributed by atoms with Crippen LogP contribution in [0.1, 0.15) is 24.8 Å². The molecule has 3 nitrogen and oxygen atoms in total. The van der Waals surface area contributed by atoms with Gasteiger partial charge in [0.05, 0.1) is 22.9 Å². The molecule has 0 aliphatic carbocycles. The Morgan fingerprint density at radius 2 is 2.05 bits per heavy atom. The second-order valence-corrected chi connectivity index (χ2v) is 5.77. The molecule has 1 heterocycles. The smallest absolute Gasteiger partial charge is 0.0959 e. The van der Waals surface area contributed by atoms with E-state index in [2.05, 4.69) is 11.9 Å². The van der Waals surface area contributed by atoms with Crippen LogP contribution in [0, 0.1) is 0 Å². The third-order valence-corrected chi connectivity index (χ3v) is 4.18. The van der Waals surface area contributed by atoms with Gasteiger partial charge in [0, 0.05) is 24.5 Å². The summed E-state index contributed by atoms with van der Waals surface area (Å²) in [5.74, 6) is 0. The van der Waals surface area contributed by atoms with Crippen LogP contribution in [0.2, 0.25) is 0 Å². The highest BCUT2D eigenvalue weighted by Crippen LogP contribution is 2.23. The number of aliphatic hydroxyl groups is 1. The van der Waals surface area contributed by atoms with Crippen molar-refractivity contribution in [2.75, 3.05) is 7.11 Å². The first kappa shape index (κ1) is 15.2. The third kappa shape index (κ3) is 3.88. The molecule has 2 rings (SSSR count). The van der Waals surface area contributed by atoms with Gasteiger partial charge in [0.15, 0.2) is 0 Å². The summed E-state index contributed by atoms with van der Waals surface area (Å²) in [6.07, 6.45) is 1.83. The summed E-state index contributed by atoms with van der Waals surface area (Å²) in [6.45, 7) is 2.09. The topological polar surface area (TPSA) is 42.4 Å². The molecule has 0 radical (unpaired) electrons. The van der Waals surface area contributed by atoms with E-state index >= 15 is 0 Å². The van der Waals surface area contributed by atoms with Crippen molar-refractivity contribution in [1.82, 2.24) is 4.98 Å². The number of methoxy groups -OCH3 is 1. The Morgan fingerprint density at radius 3 is 2.70 bits per heavy atom. The average molecular weight is 291 g/mol. The number of aliphatic hydroxyl groups excluding tert-OH is 1. The van der Waals surface area contributed by atoms with Gasteiger partial charge in [0.2, 0.25) is 0 Å². The van der Waals surface area contributed by atoms with E-state index in [-0.39, 0.29) is 6.10 Å². The van der Waals surface area contributed by atoms with Crippen LogP contribution in [-0.4, -0.2) is 29.4 Å². The molecule has 1 N–H and O–H groups in total. The number of hydrogen-bond acceptors (Lipinski definition) is 4. The van der Waals surface area contributed by atoms with E-state index < -0.39 is 6.10 Å². The fraction of sp³-hybridized carbons (Fsp3) is 0.438. The number of nitrogens with zero attached hydrogens (tertiary/aromatic N) is 1. The zero-order valence-corrected chi connectivity index (χ0v) is 12.8. The minimum atomic E-state index is -0.491. The molecule has 2 atom stereocenters. The highest BCUT2D eigenvalue weighted by atomic mass is 32.1. The monoisotopic (exact) mass is 291 g/mol. The lowest BCUT2D eigenvalue weighted by atomic mass is 10.1. The molecular weight excluding hydrogens is 270 g/mol. The Bertz CT molecular complexity index is 512. The van der Waals surface area contributed by atoms with E-state index in [1.165, 1.54) is 0 Å². The molecule has 1 aromatic carbocycles. The van der Waals surface area contributed by atoms with E-state index in [0.717, 1.165) is 29.1 Å². The van der Waals surface area contributed by atoms with Crippen molar-refractivity contribution in [3.63, 3.8) is 0 Å². The SMILES string of the molecule is CCCC(OC)C(O)Cc1nc(-c2ccccc2)cs1. The Kier molecular flexibility index (Phi) is 5.71. The number of benzene rings is 1. The maximum Gasteiger partial charge on any atom is 0.0959 e. The van der Waals surface area contributed by atoms with E-state index in [0.29, 0.717) is 6.42 Å². The lowest BCUT2D eigenvalue weighted by Gasteiger charge is -2.20. The molecule has 0 bridgehead atoms. The van der Waals surface area contributed by atoms with Gasteiger partial charge >= 0.3 is 0 Å². The van der Waals surface area contributed by atoms with Crippen LogP contribution in [-0.2, 0) is 11.2 Å². The molecule has 0 aliphatic heterocycles. The lowest BCUT2D eigenvalue weighted by molar-refractivity contribution is -0.0159. The standard InChI is InChI=1S/C16H21NO2S/c1-3-7-15(19-2)14(18)10-16-17-13(11-20-16)12-8-5-4-6-9-12/h4-6,8-9,11,14-15,18H,3,7,10H2,1-2H3.